The second-order valence-electron chi connectivity index (χ2n) is 10.2. The fourth-order valence-electron chi connectivity index (χ4n) is 8.19. The largest absolute Gasteiger partial charge is 0.330 e. The van der Waals surface area contributed by atoms with Gasteiger partial charge in [0.15, 0.2) is 0 Å². The molecule has 24 heavy (non-hydrogen) atoms. The normalized spacial score (nSPS) is 52.2. The van der Waals surface area contributed by atoms with Crippen molar-refractivity contribution in [1.82, 2.24) is 0 Å². The summed E-state index contributed by atoms with van der Waals surface area (Å²) in [4.78, 5) is 0. The lowest BCUT2D eigenvalue weighted by molar-refractivity contribution is -0.0215. The summed E-state index contributed by atoms with van der Waals surface area (Å²) >= 11 is 0. The van der Waals surface area contributed by atoms with E-state index in [2.05, 4.69) is 20.8 Å². The summed E-state index contributed by atoms with van der Waals surface area (Å²) in [6, 6.07) is 0. The molecule has 2 saturated heterocycles. The van der Waals surface area contributed by atoms with E-state index in [1.807, 2.05) is 0 Å². The first kappa shape index (κ1) is 17.8. The maximum atomic E-state index is 5.91. The van der Waals surface area contributed by atoms with Crippen LogP contribution in [0.3, 0.4) is 0 Å². The van der Waals surface area contributed by atoms with E-state index in [9.17, 15) is 0 Å². The number of nitrogens with two attached hydrogens (primary N) is 1. The molecule has 1 nitrogen and oxygen atoms in total. The SMILES string of the molecule is CC(CCN)C1CCC2C3CCP4CCCCC4(C)C3CCC12C. The minimum absolute atomic E-state index is 0.348. The first-order valence-electron chi connectivity index (χ1n) is 11.0. The van der Waals surface area contributed by atoms with Crippen molar-refractivity contribution >= 4 is 7.92 Å². The molecule has 2 saturated carbocycles. The van der Waals surface area contributed by atoms with Crippen LogP contribution in [0, 0.1) is 35.0 Å². The van der Waals surface area contributed by atoms with Gasteiger partial charge in [-0.1, -0.05) is 27.2 Å². The summed E-state index contributed by atoms with van der Waals surface area (Å²) < 4.78 is 0. The van der Waals surface area contributed by atoms with Gasteiger partial charge in [0.2, 0.25) is 0 Å². The van der Waals surface area contributed by atoms with Gasteiger partial charge in [-0.3, -0.25) is 0 Å². The third-order valence-corrected chi connectivity index (χ3v) is 13.1. The van der Waals surface area contributed by atoms with Crippen LogP contribution in [0.2, 0.25) is 0 Å². The van der Waals surface area contributed by atoms with E-state index in [-0.39, 0.29) is 0 Å². The summed E-state index contributed by atoms with van der Waals surface area (Å²) in [5.74, 6) is 4.99. The maximum Gasteiger partial charge on any atom is -0.00746 e. The molecule has 0 radical (unpaired) electrons. The van der Waals surface area contributed by atoms with E-state index in [1.54, 1.807) is 38.0 Å². The predicted octanol–water partition coefficient (Wildman–Crippen LogP) is 5.86. The van der Waals surface area contributed by atoms with Crippen molar-refractivity contribution in [1.29, 1.82) is 0 Å². The minimum atomic E-state index is 0.348. The molecule has 0 aromatic heterocycles. The molecule has 2 N–H and O–H groups in total. The Labute approximate surface area is 151 Å². The van der Waals surface area contributed by atoms with E-state index >= 15 is 0 Å². The van der Waals surface area contributed by atoms with E-state index in [1.165, 1.54) is 32.1 Å². The van der Waals surface area contributed by atoms with Crippen LogP contribution < -0.4 is 5.73 Å². The quantitative estimate of drug-likeness (QED) is 0.635. The molecule has 2 heterocycles. The topological polar surface area (TPSA) is 26.0 Å². The minimum Gasteiger partial charge on any atom is -0.330 e. The lowest BCUT2D eigenvalue weighted by Crippen LogP contribution is -2.53. The molecule has 2 aliphatic carbocycles. The van der Waals surface area contributed by atoms with Crippen molar-refractivity contribution in [2.24, 2.45) is 40.7 Å². The molecule has 138 valence electrons. The fourth-order valence-corrected chi connectivity index (χ4v) is 11.9. The molecule has 0 spiro atoms. The van der Waals surface area contributed by atoms with Gasteiger partial charge in [0.25, 0.3) is 0 Å². The van der Waals surface area contributed by atoms with Crippen molar-refractivity contribution in [3.05, 3.63) is 0 Å². The average molecular weight is 350 g/mol. The molecule has 0 amide bonds. The molecule has 4 fully saturated rings. The monoisotopic (exact) mass is 349 g/mol. The molecular formula is C22H40NP. The first-order chi connectivity index (χ1) is 11.5. The van der Waals surface area contributed by atoms with Gasteiger partial charge in [0.1, 0.15) is 0 Å². The summed E-state index contributed by atoms with van der Waals surface area (Å²) in [5, 5.41) is 0.763. The van der Waals surface area contributed by atoms with Crippen molar-refractivity contribution in [2.75, 3.05) is 18.9 Å². The first-order valence-corrected chi connectivity index (χ1v) is 12.7. The number of hydrogen-bond acceptors (Lipinski definition) is 1. The zero-order valence-corrected chi connectivity index (χ0v) is 17.3. The van der Waals surface area contributed by atoms with Crippen molar-refractivity contribution < 1.29 is 0 Å². The standard InChI is InChI=1S/C22H40NP/c1-16(9-13-23)18-6-7-19-17-10-15-24-14-5-4-11-22(24,3)20(17)8-12-21(18,19)2/h16-20H,4-15,23H2,1-3H3. The van der Waals surface area contributed by atoms with Crippen LogP contribution in [0.4, 0.5) is 0 Å². The summed E-state index contributed by atoms with van der Waals surface area (Å²) in [6.07, 6.45) is 16.8. The molecule has 0 bridgehead atoms. The Hall–Kier alpha value is 0.390. The molecule has 0 aromatic carbocycles. The molecule has 4 rings (SSSR count). The Balaban J connectivity index is 1.57. The third-order valence-electron chi connectivity index (χ3n) is 9.43. The highest BCUT2D eigenvalue weighted by molar-refractivity contribution is 7.59. The molecule has 2 aliphatic heterocycles. The van der Waals surface area contributed by atoms with Crippen LogP contribution in [-0.4, -0.2) is 24.0 Å². The number of fused-ring (bicyclic) bond motifs is 5. The highest BCUT2D eigenvalue weighted by Crippen LogP contribution is 2.71. The highest BCUT2D eigenvalue weighted by Gasteiger charge is 2.59. The molecular weight excluding hydrogens is 309 g/mol. The van der Waals surface area contributed by atoms with Gasteiger partial charge in [-0.25, -0.2) is 0 Å². The van der Waals surface area contributed by atoms with E-state index in [4.69, 9.17) is 5.73 Å². The van der Waals surface area contributed by atoms with Crippen LogP contribution in [0.25, 0.3) is 0 Å². The van der Waals surface area contributed by atoms with Gasteiger partial charge in [0.05, 0.1) is 0 Å². The van der Waals surface area contributed by atoms with Crippen LogP contribution in [0.5, 0.6) is 0 Å². The van der Waals surface area contributed by atoms with Crippen LogP contribution in [-0.2, 0) is 0 Å². The third kappa shape index (κ3) is 2.55. The zero-order valence-electron chi connectivity index (χ0n) is 16.4. The second kappa shape index (κ2) is 6.53. The van der Waals surface area contributed by atoms with Crippen LogP contribution >= 0.6 is 7.92 Å². The van der Waals surface area contributed by atoms with Crippen molar-refractivity contribution in [3.63, 3.8) is 0 Å². The van der Waals surface area contributed by atoms with Crippen molar-refractivity contribution in [2.45, 2.75) is 83.7 Å². The highest BCUT2D eigenvalue weighted by atomic mass is 31.1. The van der Waals surface area contributed by atoms with Gasteiger partial charge in [0, 0.05) is 0 Å². The van der Waals surface area contributed by atoms with E-state index in [0.717, 1.165) is 41.3 Å². The Morgan fingerprint density at radius 1 is 1.00 bits per heavy atom. The van der Waals surface area contributed by atoms with Crippen LogP contribution in [0.1, 0.15) is 78.6 Å². The molecule has 4 aliphatic rings. The van der Waals surface area contributed by atoms with E-state index in [0.29, 0.717) is 13.3 Å². The lowest BCUT2D eigenvalue weighted by atomic mass is 9.53. The Morgan fingerprint density at radius 2 is 1.83 bits per heavy atom. The summed E-state index contributed by atoms with van der Waals surface area (Å²) in [7, 11) is 0.348. The van der Waals surface area contributed by atoms with Gasteiger partial charge in [-0.15, -0.1) is 7.92 Å². The average Bonchev–Trinajstić information content (AvgIpc) is 2.92. The van der Waals surface area contributed by atoms with Crippen molar-refractivity contribution in [3.8, 4) is 0 Å². The summed E-state index contributed by atoms with van der Waals surface area (Å²) in [6.45, 7) is 8.81. The van der Waals surface area contributed by atoms with Gasteiger partial charge in [-0.2, -0.15) is 0 Å². The van der Waals surface area contributed by atoms with Gasteiger partial charge < -0.3 is 5.73 Å². The zero-order chi connectivity index (χ0) is 16.9. The number of rotatable bonds is 3. The lowest BCUT2D eigenvalue weighted by Gasteiger charge is -2.61. The maximum absolute atomic E-state index is 5.91. The Bertz CT molecular complexity index is 465. The molecule has 8 atom stereocenters. The molecule has 2 heteroatoms. The van der Waals surface area contributed by atoms with Gasteiger partial charge >= 0.3 is 0 Å². The second-order valence-corrected chi connectivity index (χ2v) is 13.2. The molecule has 0 aromatic rings. The Morgan fingerprint density at radius 3 is 2.62 bits per heavy atom. The van der Waals surface area contributed by atoms with E-state index < -0.39 is 0 Å². The molecule has 8 unspecified atom stereocenters. The number of hydrogen-bond donors (Lipinski definition) is 1. The fraction of sp³-hybridized carbons (Fsp3) is 1.00. The Kier molecular flexibility index (Phi) is 4.84. The van der Waals surface area contributed by atoms with Gasteiger partial charge in [-0.05, 0) is 110 Å². The smallest absolute Gasteiger partial charge is 0.00746 e. The predicted molar refractivity (Wildman–Crippen MR) is 107 cm³/mol. The van der Waals surface area contributed by atoms with Crippen LogP contribution in [0.15, 0.2) is 0 Å². The summed E-state index contributed by atoms with van der Waals surface area (Å²) in [5.41, 5.74) is 6.55.